The van der Waals surface area contributed by atoms with Gasteiger partial charge >= 0.3 is 5.97 Å². The molecule has 0 bridgehead atoms. The highest BCUT2D eigenvalue weighted by Crippen LogP contribution is 2.19. The topological polar surface area (TPSA) is 187 Å². The van der Waals surface area contributed by atoms with E-state index in [4.69, 9.17) is 5.73 Å². The van der Waals surface area contributed by atoms with Crippen molar-refractivity contribution in [2.45, 2.75) is 77.7 Å². The number of aromatic amines is 1. The molecule has 0 saturated carbocycles. The molecule has 0 aliphatic heterocycles. The van der Waals surface area contributed by atoms with Crippen LogP contribution in [0, 0.1) is 11.8 Å². The molecule has 3 amide bonds. The summed E-state index contributed by atoms with van der Waals surface area (Å²) in [5.41, 5.74) is 7.60. The zero-order chi connectivity index (χ0) is 27.9. The number of nitrogens with one attached hydrogen (secondary N) is 4. The van der Waals surface area contributed by atoms with E-state index in [1.165, 1.54) is 6.92 Å². The molecule has 11 heteroatoms. The van der Waals surface area contributed by atoms with Crippen LogP contribution in [0.25, 0.3) is 10.9 Å². The molecule has 5 atom stereocenters. The van der Waals surface area contributed by atoms with Crippen molar-refractivity contribution in [3.05, 3.63) is 36.0 Å². The number of benzene rings is 1. The predicted molar refractivity (Wildman–Crippen MR) is 139 cm³/mol. The Hall–Kier alpha value is -3.44. The van der Waals surface area contributed by atoms with Crippen molar-refractivity contribution in [1.82, 2.24) is 20.9 Å². The number of carbonyl (C=O) groups excluding carboxylic acids is 3. The number of carboxylic acids is 1. The highest BCUT2D eigenvalue weighted by atomic mass is 16.4. The molecule has 2 rings (SSSR count). The summed E-state index contributed by atoms with van der Waals surface area (Å²) in [6, 6.07) is 2.88. The van der Waals surface area contributed by atoms with E-state index in [1.54, 1.807) is 20.0 Å². The molecule has 8 N–H and O–H groups in total. The Morgan fingerprint density at radius 1 is 0.919 bits per heavy atom. The van der Waals surface area contributed by atoms with E-state index in [1.807, 2.05) is 38.1 Å². The van der Waals surface area contributed by atoms with Crippen molar-refractivity contribution in [1.29, 1.82) is 0 Å². The number of rotatable bonds is 13. The van der Waals surface area contributed by atoms with E-state index < -0.39 is 54.0 Å². The van der Waals surface area contributed by atoms with Gasteiger partial charge < -0.3 is 36.9 Å². The SMILES string of the molecule is CC(C)CC(NC(=O)C(NC(=O)C(Cc1c[nH]c2ccccc12)NC(=O)C(N)C(C)C)C(C)O)C(=O)O. The fourth-order valence-corrected chi connectivity index (χ4v) is 3.91. The smallest absolute Gasteiger partial charge is 0.326 e. The summed E-state index contributed by atoms with van der Waals surface area (Å²) in [5.74, 6) is -3.50. The molecule has 204 valence electrons. The summed E-state index contributed by atoms with van der Waals surface area (Å²) in [7, 11) is 0. The average molecular weight is 518 g/mol. The van der Waals surface area contributed by atoms with Crippen molar-refractivity contribution in [3.8, 4) is 0 Å². The largest absolute Gasteiger partial charge is 0.480 e. The van der Waals surface area contributed by atoms with Gasteiger partial charge in [0.2, 0.25) is 17.7 Å². The molecular weight excluding hydrogens is 478 g/mol. The van der Waals surface area contributed by atoms with Gasteiger partial charge in [0.1, 0.15) is 18.1 Å². The number of para-hydroxylation sites is 1. The Kier molecular flexibility index (Phi) is 10.6. The van der Waals surface area contributed by atoms with E-state index >= 15 is 0 Å². The summed E-state index contributed by atoms with van der Waals surface area (Å²) < 4.78 is 0. The summed E-state index contributed by atoms with van der Waals surface area (Å²) in [4.78, 5) is 53.7. The molecule has 0 aliphatic carbocycles. The molecule has 0 spiro atoms. The highest BCUT2D eigenvalue weighted by Gasteiger charge is 2.33. The second kappa shape index (κ2) is 13.2. The first-order chi connectivity index (χ1) is 17.3. The zero-order valence-corrected chi connectivity index (χ0v) is 21.9. The van der Waals surface area contributed by atoms with E-state index in [0.717, 1.165) is 16.5 Å². The van der Waals surface area contributed by atoms with E-state index in [-0.39, 0.29) is 24.7 Å². The number of hydrogen-bond donors (Lipinski definition) is 7. The van der Waals surface area contributed by atoms with Crippen LogP contribution >= 0.6 is 0 Å². The molecule has 0 fully saturated rings. The molecule has 1 aromatic carbocycles. The summed E-state index contributed by atoms with van der Waals surface area (Å²) in [6.07, 6.45) is 0.668. The molecule has 2 aromatic rings. The maximum absolute atomic E-state index is 13.4. The van der Waals surface area contributed by atoms with Crippen molar-refractivity contribution >= 4 is 34.6 Å². The third kappa shape index (κ3) is 8.29. The number of aromatic nitrogens is 1. The molecule has 5 unspecified atom stereocenters. The predicted octanol–water partition coefficient (Wildman–Crippen LogP) is 0.660. The molecule has 0 saturated heterocycles. The molecule has 0 radical (unpaired) electrons. The summed E-state index contributed by atoms with van der Waals surface area (Å²) in [5, 5.41) is 28.1. The maximum atomic E-state index is 13.4. The van der Waals surface area contributed by atoms with E-state index in [0.29, 0.717) is 0 Å². The number of amides is 3. The van der Waals surface area contributed by atoms with Crippen LogP contribution in [0.5, 0.6) is 0 Å². The lowest BCUT2D eigenvalue weighted by atomic mass is 10.0. The molecule has 1 heterocycles. The van der Waals surface area contributed by atoms with Crippen LogP contribution in [0.2, 0.25) is 0 Å². The van der Waals surface area contributed by atoms with Gasteiger partial charge in [-0.25, -0.2) is 4.79 Å². The molecule has 37 heavy (non-hydrogen) atoms. The Morgan fingerprint density at radius 3 is 2.11 bits per heavy atom. The maximum Gasteiger partial charge on any atom is 0.326 e. The second-order valence-corrected chi connectivity index (χ2v) is 10.2. The number of carbonyl (C=O) groups is 4. The summed E-state index contributed by atoms with van der Waals surface area (Å²) in [6.45, 7) is 8.50. The van der Waals surface area contributed by atoms with Crippen LogP contribution in [0.4, 0.5) is 0 Å². The first-order valence-electron chi connectivity index (χ1n) is 12.4. The number of hydrogen-bond acceptors (Lipinski definition) is 6. The average Bonchev–Trinajstić information content (AvgIpc) is 3.22. The number of H-pyrrole nitrogens is 1. The Balaban J connectivity index is 2.28. The quantitative estimate of drug-likeness (QED) is 0.203. The monoisotopic (exact) mass is 517 g/mol. The van der Waals surface area contributed by atoms with Gasteiger partial charge in [0, 0.05) is 23.5 Å². The molecular formula is C26H39N5O6. The number of carboxylic acid groups (broad SMARTS) is 1. The number of aliphatic hydroxyl groups is 1. The minimum atomic E-state index is -1.44. The standard InChI is InChI=1S/C26H39N5O6/c1-13(2)10-20(26(36)37)30-25(35)22(15(5)32)31-23(33)19(29-24(34)21(27)14(3)4)11-16-12-28-18-9-7-6-8-17(16)18/h6-9,12-15,19-22,28,32H,10-11,27H2,1-5H3,(H,29,34)(H,30,35)(H,31,33)(H,36,37). The third-order valence-corrected chi connectivity index (χ3v) is 6.14. The van der Waals surface area contributed by atoms with Gasteiger partial charge in [-0.1, -0.05) is 45.9 Å². The van der Waals surface area contributed by atoms with Gasteiger partial charge in [0.15, 0.2) is 0 Å². The van der Waals surface area contributed by atoms with Crippen LogP contribution in [-0.4, -0.2) is 69.2 Å². The first-order valence-corrected chi connectivity index (χ1v) is 12.4. The number of nitrogens with two attached hydrogens (primary N) is 1. The first kappa shape index (κ1) is 29.8. The van der Waals surface area contributed by atoms with Gasteiger partial charge in [-0.05, 0) is 36.8 Å². The van der Waals surface area contributed by atoms with Gasteiger partial charge in [0.05, 0.1) is 12.1 Å². The lowest BCUT2D eigenvalue weighted by Gasteiger charge is -2.27. The highest BCUT2D eigenvalue weighted by molar-refractivity contribution is 5.95. The minimum absolute atomic E-state index is 0.0121. The summed E-state index contributed by atoms with van der Waals surface area (Å²) >= 11 is 0. The fraction of sp³-hybridized carbons (Fsp3) is 0.538. The van der Waals surface area contributed by atoms with Crippen LogP contribution < -0.4 is 21.7 Å². The second-order valence-electron chi connectivity index (χ2n) is 10.2. The van der Waals surface area contributed by atoms with Crippen LogP contribution in [0.1, 0.15) is 46.6 Å². The minimum Gasteiger partial charge on any atom is -0.480 e. The number of aliphatic carboxylic acids is 1. The number of aliphatic hydroxyl groups excluding tert-OH is 1. The van der Waals surface area contributed by atoms with Gasteiger partial charge in [0.25, 0.3) is 0 Å². The number of fused-ring (bicyclic) bond motifs is 1. The molecule has 0 aliphatic rings. The zero-order valence-electron chi connectivity index (χ0n) is 21.9. The van der Waals surface area contributed by atoms with Crippen LogP contribution in [0.15, 0.2) is 30.5 Å². The van der Waals surface area contributed by atoms with E-state index in [2.05, 4.69) is 20.9 Å². The van der Waals surface area contributed by atoms with Crippen molar-refractivity contribution < 1.29 is 29.4 Å². The third-order valence-electron chi connectivity index (χ3n) is 6.14. The van der Waals surface area contributed by atoms with E-state index in [9.17, 15) is 29.4 Å². The lowest BCUT2D eigenvalue weighted by Crippen LogP contribution is -2.60. The Labute approximate surface area is 216 Å². The van der Waals surface area contributed by atoms with Gasteiger partial charge in [-0.3, -0.25) is 14.4 Å². The molecule has 11 nitrogen and oxygen atoms in total. The normalized spacial score (nSPS) is 15.6. The van der Waals surface area contributed by atoms with Crippen molar-refractivity contribution in [3.63, 3.8) is 0 Å². The Bertz CT molecular complexity index is 1100. The van der Waals surface area contributed by atoms with Gasteiger partial charge in [-0.15, -0.1) is 0 Å². The van der Waals surface area contributed by atoms with Gasteiger partial charge in [-0.2, -0.15) is 0 Å². The molecule has 1 aromatic heterocycles. The van der Waals surface area contributed by atoms with Crippen LogP contribution in [0.3, 0.4) is 0 Å². The van der Waals surface area contributed by atoms with Crippen molar-refractivity contribution in [2.75, 3.05) is 0 Å². The van der Waals surface area contributed by atoms with Crippen LogP contribution in [-0.2, 0) is 25.6 Å². The Morgan fingerprint density at radius 2 is 1.54 bits per heavy atom. The lowest BCUT2D eigenvalue weighted by molar-refractivity contribution is -0.143. The fourth-order valence-electron chi connectivity index (χ4n) is 3.91. The van der Waals surface area contributed by atoms with Crippen molar-refractivity contribution in [2.24, 2.45) is 17.6 Å².